The Morgan fingerprint density at radius 3 is 2.47 bits per heavy atom. The summed E-state index contributed by atoms with van der Waals surface area (Å²) in [6.07, 6.45) is -4.73. The standard InChI is InChI=1S/C11H10F4O2/c12-10-4-2-1-3-8(10)5-9(16)6-17-7-11(13,14)15/h1-4H,5-7H2. The second-order valence-electron chi connectivity index (χ2n) is 3.41. The van der Waals surface area contributed by atoms with E-state index in [1.54, 1.807) is 6.07 Å². The fourth-order valence-electron chi connectivity index (χ4n) is 1.19. The zero-order valence-electron chi connectivity index (χ0n) is 8.76. The van der Waals surface area contributed by atoms with Crippen molar-refractivity contribution in [2.24, 2.45) is 0 Å². The van der Waals surface area contributed by atoms with Crippen LogP contribution in [0.15, 0.2) is 24.3 Å². The van der Waals surface area contributed by atoms with Gasteiger partial charge in [0.2, 0.25) is 0 Å². The number of ether oxygens (including phenoxy) is 1. The maximum atomic E-state index is 13.1. The molecule has 17 heavy (non-hydrogen) atoms. The third kappa shape index (κ3) is 5.44. The SMILES string of the molecule is O=C(COCC(F)(F)F)Cc1ccccc1F. The van der Waals surface area contributed by atoms with Gasteiger partial charge in [0.25, 0.3) is 0 Å². The van der Waals surface area contributed by atoms with Gasteiger partial charge in [0.05, 0.1) is 0 Å². The number of hydrogen-bond acceptors (Lipinski definition) is 2. The highest BCUT2D eigenvalue weighted by atomic mass is 19.4. The molecule has 0 aromatic heterocycles. The number of hydrogen-bond donors (Lipinski definition) is 0. The smallest absolute Gasteiger partial charge is 0.364 e. The number of carbonyl (C=O) groups excluding carboxylic acids is 1. The lowest BCUT2D eigenvalue weighted by molar-refractivity contribution is -0.175. The molecule has 1 aromatic rings. The van der Waals surface area contributed by atoms with Crippen molar-refractivity contribution in [1.82, 2.24) is 0 Å². The Bertz CT molecular complexity index is 387. The fraction of sp³-hybridized carbons (Fsp3) is 0.364. The van der Waals surface area contributed by atoms with Crippen molar-refractivity contribution in [3.63, 3.8) is 0 Å². The highest BCUT2D eigenvalue weighted by Gasteiger charge is 2.27. The number of benzene rings is 1. The van der Waals surface area contributed by atoms with E-state index in [2.05, 4.69) is 4.74 Å². The monoisotopic (exact) mass is 250 g/mol. The maximum Gasteiger partial charge on any atom is 0.411 e. The van der Waals surface area contributed by atoms with Crippen LogP contribution < -0.4 is 0 Å². The van der Waals surface area contributed by atoms with Gasteiger partial charge in [-0.15, -0.1) is 0 Å². The van der Waals surface area contributed by atoms with Gasteiger partial charge in [-0.25, -0.2) is 4.39 Å². The Morgan fingerprint density at radius 1 is 1.24 bits per heavy atom. The Balaban J connectivity index is 2.38. The molecule has 1 rings (SSSR count). The highest BCUT2D eigenvalue weighted by Crippen LogP contribution is 2.14. The predicted octanol–water partition coefficient (Wildman–Crippen LogP) is 2.52. The molecule has 0 saturated carbocycles. The van der Waals surface area contributed by atoms with Gasteiger partial charge in [0, 0.05) is 6.42 Å². The minimum atomic E-state index is -4.46. The van der Waals surface area contributed by atoms with E-state index in [0.29, 0.717) is 0 Å². The first-order chi connectivity index (χ1) is 7.88. The molecule has 0 fully saturated rings. The van der Waals surface area contributed by atoms with E-state index in [-0.39, 0.29) is 12.0 Å². The van der Waals surface area contributed by atoms with Crippen LogP contribution in [0.1, 0.15) is 5.56 Å². The van der Waals surface area contributed by atoms with E-state index in [9.17, 15) is 22.4 Å². The molecule has 0 saturated heterocycles. The van der Waals surface area contributed by atoms with E-state index in [4.69, 9.17) is 0 Å². The van der Waals surface area contributed by atoms with Gasteiger partial charge in [-0.05, 0) is 11.6 Å². The fourth-order valence-corrected chi connectivity index (χ4v) is 1.19. The quantitative estimate of drug-likeness (QED) is 0.750. The molecule has 0 aliphatic rings. The zero-order chi connectivity index (χ0) is 12.9. The summed E-state index contributed by atoms with van der Waals surface area (Å²) in [5.41, 5.74) is 0.146. The van der Waals surface area contributed by atoms with Crippen LogP contribution in [-0.2, 0) is 16.0 Å². The first-order valence-corrected chi connectivity index (χ1v) is 4.78. The molecule has 0 spiro atoms. The normalized spacial score (nSPS) is 11.5. The lowest BCUT2D eigenvalue weighted by Crippen LogP contribution is -2.21. The summed E-state index contributed by atoms with van der Waals surface area (Å²) in [5, 5.41) is 0. The zero-order valence-corrected chi connectivity index (χ0v) is 8.76. The van der Waals surface area contributed by atoms with E-state index < -0.39 is 31.0 Å². The molecule has 0 atom stereocenters. The van der Waals surface area contributed by atoms with Gasteiger partial charge in [-0.3, -0.25) is 4.79 Å². The highest BCUT2D eigenvalue weighted by molar-refractivity contribution is 5.82. The number of ketones is 1. The minimum absolute atomic E-state index is 0.146. The van der Waals surface area contributed by atoms with Crippen LogP contribution in [0.5, 0.6) is 0 Å². The van der Waals surface area contributed by atoms with Gasteiger partial charge in [0.15, 0.2) is 5.78 Å². The topological polar surface area (TPSA) is 26.3 Å². The predicted molar refractivity (Wildman–Crippen MR) is 52.0 cm³/mol. The third-order valence-electron chi connectivity index (χ3n) is 1.87. The first-order valence-electron chi connectivity index (χ1n) is 4.78. The van der Waals surface area contributed by atoms with Crippen LogP contribution in [-0.4, -0.2) is 25.2 Å². The number of Topliss-reactive ketones (excluding diaryl/α,β-unsaturated/α-hetero) is 1. The summed E-state index contributed by atoms with van der Waals surface area (Å²) < 4.78 is 52.4. The molecule has 0 N–H and O–H groups in total. The number of halogens is 4. The van der Waals surface area contributed by atoms with Crippen LogP contribution in [0.4, 0.5) is 17.6 Å². The van der Waals surface area contributed by atoms with Crippen molar-refractivity contribution in [2.75, 3.05) is 13.2 Å². The number of alkyl halides is 3. The molecule has 0 radical (unpaired) electrons. The van der Waals surface area contributed by atoms with E-state index in [1.165, 1.54) is 18.2 Å². The van der Waals surface area contributed by atoms with E-state index >= 15 is 0 Å². The summed E-state index contributed by atoms with van der Waals surface area (Å²) in [7, 11) is 0. The van der Waals surface area contributed by atoms with Gasteiger partial charge in [0.1, 0.15) is 19.0 Å². The van der Waals surface area contributed by atoms with Gasteiger partial charge in [-0.2, -0.15) is 13.2 Å². The minimum Gasteiger partial charge on any atom is -0.364 e. The Morgan fingerprint density at radius 2 is 1.88 bits per heavy atom. The molecule has 94 valence electrons. The van der Waals surface area contributed by atoms with Crippen molar-refractivity contribution in [3.05, 3.63) is 35.6 Å². The summed E-state index contributed by atoms with van der Waals surface area (Å²) >= 11 is 0. The molecule has 0 aliphatic carbocycles. The Kier molecular flexibility index (Phi) is 4.62. The lowest BCUT2D eigenvalue weighted by atomic mass is 10.1. The van der Waals surface area contributed by atoms with Crippen LogP contribution in [0.25, 0.3) is 0 Å². The number of carbonyl (C=O) groups is 1. The van der Waals surface area contributed by atoms with Crippen molar-refractivity contribution in [2.45, 2.75) is 12.6 Å². The Labute approximate surface area is 95.2 Å². The molecule has 2 nitrogen and oxygen atoms in total. The van der Waals surface area contributed by atoms with Crippen LogP contribution in [0, 0.1) is 5.82 Å². The van der Waals surface area contributed by atoms with Crippen molar-refractivity contribution < 1.29 is 27.1 Å². The van der Waals surface area contributed by atoms with E-state index in [1.807, 2.05) is 0 Å². The number of rotatable bonds is 5. The third-order valence-corrected chi connectivity index (χ3v) is 1.87. The molecule has 0 bridgehead atoms. The molecule has 0 aliphatic heterocycles. The van der Waals surface area contributed by atoms with E-state index in [0.717, 1.165) is 0 Å². The molecule has 6 heteroatoms. The first kappa shape index (κ1) is 13.6. The molecular weight excluding hydrogens is 240 g/mol. The van der Waals surface area contributed by atoms with Gasteiger partial charge in [-0.1, -0.05) is 18.2 Å². The lowest BCUT2D eigenvalue weighted by Gasteiger charge is -2.07. The average molecular weight is 250 g/mol. The molecular formula is C11H10F4O2. The molecule has 0 unspecified atom stereocenters. The average Bonchev–Trinajstić information content (AvgIpc) is 2.19. The summed E-state index contributed by atoms with van der Waals surface area (Å²) in [6.45, 7) is -2.15. The largest absolute Gasteiger partial charge is 0.411 e. The van der Waals surface area contributed by atoms with Crippen LogP contribution in [0.3, 0.4) is 0 Å². The summed E-state index contributed by atoms with van der Waals surface area (Å²) in [6, 6.07) is 5.59. The second kappa shape index (κ2) is 5.77. The summed E-state index contributed by atoms with van der Waals surface area (Å²) in [4.78, 5) is 11.2. The maximum absolute atomic E-state index is 13.1. The second-order valence-corrected chi connectivity index (χ2v) is 3.41. The van der Waals surface area contributed by atoms with Crippen LogP contribution in [0.2, 0.25) is 0 Å². The van der Waals surface area contributed by atoms with Crippen molar-refractivity contribution in [1.29, 1.82) is 0 Å². The summed E-state index contributed by atoms with van der Waals surface area (Å²) in [5.74, 6) is -1.16. The molecule has 0 heterocycles. The van der Waals surface area contributed by atoms with Crippen molar-refractivity contribution in [3.8, 4) is 0 Å². The molecule has 1 aromatic carbocycles. The Hall–Kier alpha value is -1.43. The van der Waals surface area contributed by atoms with Crippen LogP contribution >= 0.6 is 0 Å². The van der Waals surface area contributed by atoms with Gasteiger partial charge < -0.3 is 4.74 Å². The molecule has 0 amide bonds. The van der Waals surface area contributed by atoms with Crippen molar-refractivity contribution >= 4 is 5.78 Å². The van der Waals surface area contributed by atoms with Gasteiger partial charge >= 0.3 is 6.18 Å².